The van der Waals surface area contributed by atoms with Crippen LogP contribution in [0.15, 0.2) is 0 Å². The molecule has 36 N–H and O–H groups in total. The molecule has 0 saturated carbocycles. The highest BCUT2D eigenvalue weighted by Gasteiger charge is 2.64. The van der Waals surface area contributed by atoms with Gasteiger partial charge in [0.1, 0.15) is 256 Å². The topological polar surface area (TPSA) is 992 Å². The number of carboxylic acids is 1. The molecule has 0 radical (unpaired) electrons. The van der Waals surface area contributed by atoms with Crippen molar-refractivity contribution >= 4 is 41.4 Å². The van der Waals surface area contributed by atoms with Gasteiger partial charge in [0.05, 0.1) is 84.3 Å². The van der Waals surface area contributed by atoms with Crippen molar-refractivity contribution in [1.82, 2.24) is 31.9 Å². The number of carbonyl (C=O) groups excluding carboxylic acids is 6. The van der Waals surface area contributed by atoms with E-state index in [-0.39, 0.29) is 0 Å². The van der Waals surface area contributed by atoms with Crippen LogP contribution in [0.3, 0.4) is 0 Å². The number of carboxylic acid groups (broad SMARTS) is 1. The predicted octanol–water partition coefficient (Wildman–Crippen LogP) is -23.9. The Morgan fingerprint density at radius 3 is 1.14 bits per heavy atom. The first-order chi connectivity index (χ1) is 68.3. The Bertz CT molecular complexity index is 4140. The fourth-order valence-corrected chi connectivity index (χ4v) is 18.7. The van der Waals surface area contributed by atoms with Gasteiger partial charge in [-0.2, -0.15) is 0 Å². The molecule has 0 spiro atoms. The third-order valence-corrected chi connectivity index (χ3v) is 26.3. The normalized spacial score (nSPS) is 47.2. The first-order valence-corrected chi connectivity index (χ1v) is 46.1. The van der Waals surface area contributed by atoms with Crippen LogP contribution in [-0.4, -0.2) is 604 Å². The third-order valence-electron chi connectivity index (χ3n) is 26.3. The molecule has 1 unspecified atom stereocenters. The fraction of sp³-hybridized carbons (Fsp3) is 0.914. The molecular formula is C81H134N6O58. The maximum absolute atomic E-state index is 13.7. The predicted molar refractivity (Wildman–Crippen MR) is 448 cm³/mol. The van der Waals surface area contributed by atoms with Crippen LogP contribution in [0.2, 0.25) is 0 Å². The summed E-state index contributed by atoms with van der Waals surface area (Å²) in [6.45, 7) is -5.72. The molecule has 11 saturated heterocycles. The molecule has 64 nitrogen and oxygen atoms in total. The second-order valence-corrected chi connectivity index (χ2v) is 36.7. The molecular weight excluding hydrogens is 1980 g/mol. The Morgan fingerprint density at radius 2 is 0.634 bits per heavy atom. The molecule has 0 aliphatic carbocycles. The molecule has 836 valence electrons. The summed E-state index contributed by atoms with van der Waals surface area (Å²) in [6, 6.07) is -11.9. The van der Waals surface area contributed by atoms with Crippen LogP contribution >= 0.6 is 0 Å². The Balaban J connectivity index is 1.00. The summed E-state index contributed by atoms with van der Waals surface area (Å²) in [7, 11) is 0. The van der Waals surface area contributed by atoms with Crippen molar-refractivity contribution in [1.29, 1.82) is 0 Å². The van der Waals surface area contributed by atoms with Crippen LogP contribution in [0.5, 0.6) is 0 Å². The van der Waals surface area contributed by atoms with Gasteiger partial charge in [0.2, 0.25) is 35.4 Å². The van der Waals surface area contributed by atoms with Crippen molar-refractivity contribution in [3.63, 3.8) is 0 Å². The van der Waals surface area contributed by atoms with Gasteiger partial charge in [-0.3, -0.25) is 28.8 Å². The Labute approximate surface area is 821 Å². The minimum absolute atomic E-state index is 0.820. The Morgan fingerprint density at radius 1 is 0.297 bits per heavy atom. The molecule has 0 aromatic carbocycles. The number of amides is 6. The highest BCUT2D eigenvalue weighted by Crippen LogP contribution is 2.43. The van der Waals surface area contributed by atoms with E-state index in [9.17, 15) is 187 Å². The zero-order valence-electron chi connectivity index (χ0n) is 78.4. The molecule has 11 aliphatic heterocycles. The van der Waals surface area contributed by atoms with Crippen molar-refractivity contribution in [2.45, 2.75) is 398 Å². The molecule has 6 amide bonds. The first-order valence-electron chi connectivity index (χ1n) is 46.1. The van der Waals surface area contributed by atoms with Gasteiger partial charge in [0, 0.05) is 48.0 Å². The van der Waals surface area contributed by atoms with Crippen molar-refractivity contribution in [2.75, 3.05) is 66.1 Å². The number of aliphatic hydroxyl groups is 29. The Kier molecular flexibility index (Phi) is 42.7. The highest BCUT2D eigenvalue weighted by atomic mass is 16.8. The quantitative estimate of drug-likeness (QED) is 0.0272. The minimum Gasteiger partial charge on any atom is -0.477 e. The monoisotopic (exact) mass is 2120 g/mol. The van der Waals surface area contributed by atoms with Crippen molar-refractivity contribution in [3.8, 4) is 0 Å². The number of nitrogens with one attached hydrogen (secondary N) is 6. The second-order valence-electron chi connectivity index (χ2n) is 36.7. The zero-order chi connectivity index (χ0) is 107. The molecule has 11 aliphatic rings. The molecule has 0 aromatic heterocycles. The second kappa shape index (κ2) is 51.8. The lowest BCUT2D eigenvalue weighted by Crippen LogP contribution is -2.72. The third kappa shape index (κ3) is 27.0. The molecule has 0 aromatic rings. The van der Waals surface area contributed by atoms with E-state index in [1.54, 1.807) is 0 Å². The van der Waals surface area contributed by atoms with Gasteiger partial charge in [0.25, 0.3) is 5.79 Å². The standard InChI is InChI=1S/C81H134N6O58/c1-19-43(103)55(115)58(118)75(128-19)125-17-36-64(53(113)38(70(122)129-36)83-21(3)96)139-73-41(86-24(6)99)54(114)62(32(14-93)134-73)140-77-61(121)67(50(110)34(137-77)16-126-78-68(57(117)48(108)31(13-92)133-78)143-71-39(84-22(4)97)51(111)45(105)28(10-89)130-71)142-79-69(144-72-40(85-23(5)98)52(112)46(106)29(11-90)131-72)60(120)63(33(15-94)135-79)138-74-42(87-25(7)100)65(141-76-59(119)56(116)47(107)30(12-91)132-76)49(109)35(136-74)18-127-81(80(123)124)8-26(101)37(82-20(2)95)66(145-81)44(104)27(102)9-88/h19,26-79,88-94,101-122H,8-18H2,1-7H3,(H,82,95)(H,83,96)(H,84,97)(H,85,98)(H,86,99)(H,87,100)(H,123,124)/t19-,26-,27+,28+,29+,30+,31+,32+,33+,34+,35+,36+,37+,38+,39+,40+,41+,42+,43+,44+,45+,46+,47-,48+,49+,50+,51+,52+,53+,54+,55+,56-,57-,58-,59+,60-,61-,62+,63+,64+,65+,66+,67-,68-,69-,70?,71-,72-,73-,74-,75+,76-,77-,78-,79+,81+/m0/s1. The molecule has 11 fully saturated rings. The van der Waals surface area contributed by atoms with Crippen molar-refractivity contribution in [2.24, 2.45) is 0 Å². The fourth-order valence-electron chi connectivity index (χ4n) is 18.7. The van der Waals surface area contributed by atoms with E-state index >= 15 is 0 Å². The van der Waals surface area contributed by atoms with Crippen LogP contribution in [-0.2, 0) is 133 Å². The van der Waals surface area contributed by atoms with E-state index in [1.165, 1.54) is 6.92 Å². The zero-order valence-corrected chi connectivity index (χ0v) is 78.4. The number of ether oxygens (including phenoxy) is 21. The molecule has 0 bridgehead atoms. The molecule has 11 rings (SSSR count). The number of aliphatic carboxylic acids is 1. The SMILES string of the molecule is CC(=O)N[C@H]1[C@H](O[C@H]2[C@H](O)[C@@H](NC(C)=O)C(O)O[C@@H]2CO[C@@H]2O[C@@H](C)[C@@H](O)[C@@H](O)[C@@H]2O)O[C@H](CO)[C@@H](O[C@@H]2O[C@H](CO[C@H]3O[C@H](CO)[C@@H](O)[C@H](O)[C@@H]3O[C@@H]3O[C@H](CO)[C@@H](O)[C@H](O)[C@H]3NC(C)=O)[C@@H](O)[C@H](O[C@H]3O[C@H](CO)[C@@H](O[C@@H]4O[C@H](CO[C@]5(C(=O)O)C[C@H](O)[C@@H](NC(C)=O)[C@H]([C@H](O)[C@H](O)CO)O5)[C@@H](O)[C@H](O[C@@H]5O[C@H](CO)[C@H](O)[C@H](O)[C@H]5O)[C@H]4NC(C)=O)[C@H](O)[C@@H]3O[C@@H]3O[C@H](CO)[C@@H](O)[C@H](O)[C@H]3NC(C)=O)[C@@H]2O)[C@@H]1O. The van der Waals surface area contributed by atoms with E-state index in [0.717, 1.165) is 41.5 Å². The molecule has 56 atom stereocenters. The minimum atomic E-state index is -3.32. The van der Waals surface area contributed by atoms with Crippen LogP contribution in [0.1, 0.15) is 54.9 Å². The largest absolute Gasteiger partial charge is 0.477 e. The van der Waals surface area contributed by atoms with E-state index in [0.29, 0.717) is 0 Å². The number of hydrogen-bond donors (Lipinski definition) is 36. The van der Waals surface area contributed by atoms with Crippen LogP contribution < -0.4 is 31.9 Å². The van der Waals surface area contributed by atoms with E-state index < -0.39 is 457 Å². The summed E-state index contributed by atoms with van der Waals surface area (Å²) >= 11 is 0. The summed E-state index contributed by atoms with van der Waals surface area (Å²) in [6.07, 6.45) is -111. The Hall–Kier alpha value is -5.71. The van der Waals surface area contributed by atoms with Gasteiger partial charge in [-0.1, -0.05) is 0 Å². The van der Waals surface area contributed by atoms with Crippen LogP contribution in [0.25, 0.3) is 0 Å². The average molecular weight is 2120 g/mol. The summed E-state index contributed by atoms with van der Waals surface area (Å²) in [5, 5.41) is 355. The van der Waals surface area contributed by atoms with Gasteiger partial charge in [-0.05, 0) is 6.92 Å². The van der Waals surface area contributed by atoms with Gasteiger partial charge in [-0.25, -0.2) is 4.79 Å². The summed E-state index contributed by atoms with van der Waals surface area (Å²) in [4.78, 5) is 91.7. The number of aliphatic hydroxyl groups excluding tert-OH is 29. The number of rotatable bonds is 39. The lowest BCUT2D eigenvalue weighted by molar-refractivity contribution is -0.405. The lowest BCUT2D eigenvalue weighted by Gasteiger charge is -2.52. The van der Waals surface area contributed by atoms with Crippen molar-refractivity contribution in [3.05, 3.63) is 0 Å². The van der Waals surface area contributed by atoms with Crippen LogP contribution in [0.4, 0.5) is 0 Å². The van der Waals surface area contributed by atoms with Crippen LogP contribution in [0, 0.1) is 0 Å². The van der Waals surface area contributed by atoms with Gasteiger partial charge in [0.15, 0.2) is 62.9 Å². The van der Waals surface area contributed by atoms with Crippen molar-refractivity contribution < 1.29 is 286 Å². The maximum Gasteiger partial charge on any atom is 0.364 e. The summed E-state index contributed by atoms with van der Waals surface area (Å²) in [5.74, 6) is -11.5. The molecule has 64 heteroatoms. The van der Waals surface area contributed by atoms with Gasteiger partial charge < -0.3 is 285 Å². The number of hydrogen-bond acceptors (Lipinski definition) is 57. The van der Waals surface area contributed by atoms with E-state index in [1.807, 2.05) is 0 Å². The molecule has 145 heavy (non-hydrogen) atoms. The summed E-state index contributed by atoms with van der Waals surface area (Å²) in [5.41, 5.74) is 0. The first kappa shape index (κ1) is 120. The summed E-state index contributed by atoms with van der Waals surface area (Å²) < 4.78 is 127. The lowest BCUT2D eigenvalue weighted by atomic mass is 9.88. The maximum atomic E-state index is 13.7. The number of carbonyl (C=O) groups is 7. The van der Waals surface area contributed by atoms with Gasteiger partial charge in [-0.15, -0.1) is 0 Å². The molecule has 11 heterocycles. The average Bonchev–Trinajstić information content (AvgIpc) is 0.758. The van der Waals surface area contributed by atoms with E-state index in [4.69, 9.17) is 99.5 Å². The smallest absolute Gasteiger partial charge is 0.364 e. The highest BCUT2D eigenvalue weighted by molar-refractivity contribution is 5.77. The van der Waals surface area contributed by atoms with E-state index in [2.05, 4.69) is 31.9 Å². The van der Waals surface area contributed by atoms with Gasteiger partial charge >= 0.3 is 5.97 Å².